The second-order valence-corrected chi connectivity index (χ2v) is 9.45. The quantitative estimate of drug-likeness (QED) is 0.225. The van der Waals surface area contributed by atoms with E-state index in [0.29, 0.717) is 0 Å². The number of fused-ring (bicyclic) bond motifs is 10. The van der Waals surface area contributed by atoms with Crippen LogP contribution in [0.3, 0.4) is 0 Å². The molecule has 32 heavy (non-hydrogen) atoms. The molecule has 0 aliphatic heterocycles. The summed E-state index contributed by atoms with van der Waals surface area (Å²) in [4.78, 5) is 0. The molecule has 5 aromatic carbocycles. The normalized spacial score (nSPS) is 14.0. The fourth-order valence-electron chi connectivity index (χ4n) is 6.06. The molecule has 0 fully saturated rings. The van der Waals surface area contributed by atoms with Gasteiger partial charge in [0.15, 0.2) is 0 Å². The molecule has 0 atom stereocenters. The Bertz CT molecular complexity index is 1480. The molecular formula is C31H19Br. The van der Waals surface area contributed by atoms with Gasteiger partial charge in [-0.2, -0.15) is 0 Å². The zero-order valence-corrected chi connectivity index (χ0v) is 18.9. The molecule has 0 N–H and O–H groups in total. The number of hydrogen-bond acceptors (Lipinski definition) is 0. The molecule has 1 spiro atoms. The number of benzene rings is 5. The predicted molar refractivity (Wildman–Crippen MR) is 136 cm³/mol. The van der Waals surface area contributed by atoms with Crippen LogP contribution in [0.15, 0.2) is 120 Å². The summed E-state index contributed by atoms with van der Waals surface area (Å²) in [6, 6.07) is 42.3. The van der Waals surface area contributed by atoms with Crippen LogP contribution < -0.4 is 0 Å². The van der Waals surface area contributed by atoms with Crippen LogP contribution in [0.2, 0.25) is 0 Å². The summed E-state index contributed by atoms with van der Waals surface area (Å²) >= 11 is 3.84. The van der Waals surface area contributed by atoms with Crippen LogP contribution >= 0.6 is 15.9 Å². The van der Waals surface area contributed by atoms with Crippen molar-refractivity contribution in [3.8, 4) is 33.4 Å². The molecule has 0 saturated carbocycles. The molecule has 0 unspecified atom stereocenters. The number of halogens is 1. The minimum Gasteiger partial charge on any atom is -0.0619 e. The summed E-state index contributed by atoms with van der Waals surface area (Å²) in [7, 11) is 0. The molecule has 1 heteroatoms. The molecule has 7 rings (SSSR count). The lowest BCUT2D eigenvalue weighted by Crippen LogP contribution is -2.26. The highest BCUT2D eigenvalue weighted by atomic mass is 79.9. The minimum atomic E-state index is -0.314. The Morgan fingerprint density at radius 1 is 0.375 bits per heavy atom. The number of hydrogen-bond donors (Lipinski definition) is 0. The van der Waals surface area contributed by atoms with E-state index >= 15 is 0 Å². The largest absolute Gasteiger partial charge is 0.0731 e. The SMILES string of the molecule is Brc1ccccc1-c1cccc2c1C1(c3ccccc3-c3ccccc31)c1ccccc1-2. The van der Waals surface area contributed by atoms with Gasteiger partial charge < -0.3 is 0 Å². The summed E-state index contributed by atoms with van der Waals surface area (Å²) in [5, 5.41) is 0. The van der Waals surface area contributed by atoms with Crippen LogP contribution in [-0.4, -0.2) is 0 Å². The lowest BCUT2D eigenvalue weighted by Gasteiger charge is -2.32. The molecule has 2 aliphatic rings. The Balaban J connectivity index is 1.72. The second-order valence-electron chi connectivity index (χ2n) is 8.59. The Labute approximate surface area is 196 Å². The Hall–Kier alpha value is -3.42. The highest BCUT2D eigenvalue weighted by molar-refractivity contribution is 9.10. The molecule has 0 radical (unpaired) electrons. The van der Waals surface area contributed by atoms with Gasteiger partial charge in [-0.1, -0.05) is 125 Å². The topological polar surface area (TPSA) is 0 Å². The van der Waals surface area contributed by atoms with Gasteiger partial charge in [0.1, 0.15) is 0 Å². The van der Waals surface area contributed by atoms with E-state index in [9.17, 15) is 0 Å². The van der Waals surface area contributed by atoms with Gasteiger partial charge in [-0.15, -0.1) is 0 Å². The van der Waals surface area contributed by atoms with E-state index in [-0.39, 0.29) is 5.41 Å². The maximum atomic E-state index is 3.84. The molecule has 0 aromatic heterocycles. The maximum absolute atomic E-state index is 3.84. The van der Waals surface area contributed by atoms with Crippen LogP contribution in [0.4, 0.5) is 0 Å². The van der Waals surface area contributed by atoms with E-state index in [4.69, 9.17) is 0 Å². The van der Waals surface area contributed by atoms with Crippen LogP contribution in [0.25, 0.3) is 33.4 Å². The van der Waals surface area contributed by atoms with Crippen molar-refractivity contribution in [3.63, 3.8) is 0 Å². The lowest BCUT2D eigenvalue weighted by atomic mass is 9.68. The zero-order valence-electron chi connectivity index (χ0n) is 17.3. The predicted octanol–water partition coefficient (Wildman–Crippen LogP) is 8.46. The Morgan fingerprint density at radius 3 is 1.28 bits per heavy atom. The molecule has 0 nitrogen and oxygen atoms in total. The van der Waals surface area contributed by atoms with Gasteiger partial charge in [-0.3, -0.25) is 0 Å². The molecule has 5 aromatic rings. The summed E-state index contributed by atoms with van der Waals surface area (Å²) in [5.74, 6) is 0. The third kappa shape index (κ3) is 2.12. The van der Waals surface area contributed by atoms with E-state index in [1.165, 1.54) is 55.6 Å². The summed E-state index contributed by atoms with van der Waals surface area (Å²) in [6.07, 6.45) is 0. The first-order valence-corrected chi connectivity index (χ1v) is 11.8. The van der Waals surface area contributed by atoms with Gasteiger partial charge >= 0.3 is 0 Å². The van der Waals surface area contributed by atoms with E-state index in [1.807, 2.05) is 0 Å². The number of rotatable bonds is 1. The summed E-state index contributed by atoms with van der Waals surface area (Å²) < 4.78 is 1.12. The molecule has 0 amide bonds. The lowest BCUT2D eigenvalue weighted by molar-refractivity contribution is 0.795. The van der Waals surface area contributed by atoms with E-state index < -0.39 is 0 Å². The highest BCUT2D eigenvalue weighted by Crippen LogP contribution is 2.64. The third-order valence-electron chi connectivity index (χ3n) is 7.18. The fraction of sp³-hybridized carbons (Fsp3) is 0.0323. The summed E-state index contributed by atoms with van der Waals surface area (Å²) in [5.41, 5.74) is 13.1. The van der Waals surface area contributed by atoms with Crippen LogP contribution in [-0.2, 0) is 5.41 Å². The molecular weight excluding hydrogens is 452 g/mol. The van der Waals surface area contributed by atoms with Crippen LogP contribution in [0.5, 0.6) is 0 Å². The molecule has 0 heterocycles. The van der Waals surface area contributed by atoms with Gasteiger partial charge in [-0.25, -0.2) is 0 Å². The monoisotopic (exact) mass is 470 g/mol. The van der Waals surface area contributed by atoms with Gasteiger partial charge in [-0.05, 0) is 61.7 Å². The highest BCUT2D eigenvalue weighted by Gasteiger charge is 2.52. The zero-order chi connectivity index (χ0) is 21.3. The minimum absolute atomic E-state index is 0.314. The van der Waals surface area contributed by atoms with Gasteiger partial charge in [0.05, 0.1) is 5.41 Å². The first-order valence-electron chi connectivity index (χ1n) is 11.0. The fourth-order valence-corrected chi connectivity index (χ4v) is 6.56. The van der Waals surface area contributed by atoms with Crippen LogP contribution in [0.1, 0.15) is 22.3 Å². The van der Waals surface area contributed by atoms with Crippen molar-refractivity contribution in [1.82, 2.24) is 0 Å². The van der Waals surface area contributed by atoms with Gasteiger partial charge in [0, 0.05) is 4.47 Å². The van der Waals surface area contributed by atoms with Crippen molar-refractivity contribution in [3.05, 3.63) is 142 Å². The average molecular weight is 471 g/mol. The van der Waals surface area contributed by atoms with Gasteiger partial charge in [0.25, 0.3) is 0 Å². The molecule has 0 bridgehead atoms. The standard InChI is InChI=1S/C31H19Br/c32-29-19-8-4-13-23(29)25-15-9-14-24-22-12-3-7-18-28(22)31(30(24)25)26-16-5-1-10-20(26)21-11-2-6-17-27(21)31/h1-19H. The molecule has 2 aliphatic carbocycles. The van der Waals surface area contributed by atoms with Crippen molar-refractivity contribution in [2.45, 2.75) is 5.41 Å². The molecule has 0 saturated heterocycles. The molecule has 150 valence electrons. The first-order chi connectivity index (χ1) is 15.8. The maximum Gasteiger partial charge on any atom is 0.0731 e. The summed E-state index contributed by atoms with van der Waals surface area (Å²) in [6.45, 7) is 0. The second kappa shape index (κ2) is 6.54. The van der Waals surface area contributed by atoms with Crippen molar-refractivity contribution in [2.24, 2.45) is 0 Å². The van der Waals surface area contributed by atoms with Crippen LogP contribution in [0, 0.1) is 0 Å². The van der Waals surface area contributed by atoms with E-state index in [0.717, 1.165) is 4.47 Å². The van der Waals surface area contributed by atoms with Crippen molar-refractivity contribution in [1.29, 1.82) is 0 Å². The third-order valence-corrected chi connectivity index (χ3v) is 7.87. The Morgan fingerprint density at radius 2 is 0.750 bits per heavy atom. The van der Waals surface area contributed by atoms with Crippen molar-refractivity contribution in [2.75, 3.05) is 0 Å². The van der Waals surface area contributed by atoms with E-state index in [2.05, 4.69) is 131 Å². The van der Waals surface area contributed by atoms with E-state index in [1.54, 1.807) is 0 Å². The van der Waals surface area contributed by atoms with Gasteiger partial charge in [0.2, 0.25) is 0 Å². The smallest absolute Gasteiger partial charge is 0.0619 e. The average Bonchev–Trinajstić information content (AvgIpc) is 3.32. The Kier molecular flexibility index (Phi) is 3.72. The van der Waals surface area contributed by atoms with Crippen molar-refractivity contribution >= 4 is 15.9 Å². The first kappa shape index (κ1) is 18.2. The van der Waals surface area contributed by atoms with Crippen molar-refractivity contribution < 1.29 is 0 Å².